The van der Waals surface area contributed by atoms with Crippen LogP contribution in [0.1, 0.15) is 5.69 Å². The van der Waals surface area contributed by atoms with Crippen molar-refractivity contribution < 1.29 is 13.2 Å². The Balaban J connectivity index is 2.59. The highest BCUT2D eigenvalue weighted by Crippen LogP contribution is 2.16. The third-order valence-corrected chi connectivity index (χ3v) is 1.67. The first-order valence-corrected chi connectivity index (χ1v) is 4.65. The van der Waals surface area contributed by atoms with Gasteiger partial charge >= 0.3 is 6.18 Å². The van der Waals surface area contributed by atoms with Gasteiger partial charge in [-0.3, -0.25) is 0 Å². The fourth-order valence-electron chi connectivity index (χ4n) is 0.811. The summed E-state index contributed by atoms with van der Waals surface area (Å²) in [6.07, 6.45) is -2.36. The second-order valence-electron chi connectivity index (χ2n) is 2.46. The van der Waals surface area contributed by atoms with E-state index in [1.807, 2.05) is 0 Å². The van der Waals surface area contributed by atoms with Crippen molar-refractivity contribution in [2.45, 2.75) is 19.1 Å². The van der Waals surface area contributed by atoms with Gasteiger partial charge in [-0.25, -0.2) is 4.68 Å². The highest BCUT2D eigenvalue weighted by atomic mass is 79.9. The average molecular weight is 258 g/mol. The first-order chi connectivity index (χ1) is 6.01. The third-order valence-electron chi connectivity index (χ3n) is 1.28. The molecule has 0 aliphatic rings. The molecule has 0 atom stereocenters. The van der Waals surface area contributed by atoms with Crippen LogP contribution >= 0.6 is 15.9 Å². The summed E-state index contributed by atoms with van der Waals surface area (Å²) >= 11 is 3.16. The second kappa shape index (κ2) is 4.08. The van der Waals surface area contributed by atoms with Crippen LogP contribution < -0.4 is 0 Å². The molecule has 1 aromatic heterocycles. The van der Waals surface area contributed by atoms with Crippen molar-refractivity contribution in [2.75, 3.05) is 5.33 Å². The van der Waals surface area contributed by atoms with E-state index in [1.54, 1.807) is 0 Å². The fraction of sp³-hybridized carbons (Fsp3) is 0.667. The zero-order chi connectivity index (χ0) is 9.90. The van der Waals surface area contributed by atoms with Crippen LogP contribution in [0.2, 0.25) is 0 Å². The molecule has 0 radical (unpaired) electrons. The largest absolute Gasteiger partial charge is 0.408 e. The predicted molar refractivity (Wildman–Crippen MR) is 43.6 cm³/mol. The van der Waals surface area contributed by atoms with Gasteiger partial charge in [0.05, 0.1) is 5.69 Å². The van der Waals surface area contributed by atoms with Gasteiger partial charge in [-0.15, -0.1) is 5.10 Å². The van der Waals surface area contributed by atoms with Gasteiger partial charge in [-0.1, -0.05) is 21.1 Å². The number of hydrogen-bond acceptors (Lipinski definition) is 2. The van der Waals surface area contributed by atoms with E-state index in [2.05, 4.69) is 26.2 Å². The molecule has 0 unspecified atom stereocenters. The van der Waals surface area contributed by atoms with E-state index in [0.29, 0.717) is 17.4 Å². The highest BCUT2D eigenvalue weighted by molar-refractivity contribution is 9.09. The molecule has 0 aliphatic heterocycles. The summed E-state index contributed by atoms with van der Waals surface area (Å²) in [4.78, 5) is 0. The maximum atomic E-state index is 11.8. The van der Waals surface area contributed by atoms with E-state index in [0.717, 1.165) is 4.68 Å². The lowest BCUT2D eigenvalue weighted by atomic mass is 10.4. The van der Waals surface area contributed by atoms with Gasteiger partial charge < -0.3 is 0 Å². The fourth-order valence-corrected chi connectivity index (χ4v) is 1.22. The van der Waals surface area contributed by atoms with Gasteiger partial charge in [0, 0.05) is 17.9 Å². The zero-order valence-corrected chi connectivity index (χ0v) is 8.14. The maximum absolute atomic E-state index is 11.8. The van der Waals surface area contributed by atoms with Crippen LogP contribution in [-0.2, 0) is 13.0 Å². The van der Waals surface area contributed by atoms with Crippen molar-refractivity contribution in [1.29, 1.82) is 0 Å². The monoisotopic (exact) mass is 257 g/mol. The Kier molecular flexibility index (Phi) is 3.29. The molecule has 0 aromatic carbocycles. The van der Waals surface area contributed by atoms with Crippen molar-refractivity contribution in [2.24, 2.45) is 0 Å². The number of nitrogens with zero attached hydrogens (tertiary/aromatic N) is 3. The summed E-state index contributed by atoms with van der Waals surface area (Å²) in [5.74, 6) is 0. The first kappa shape index (κ1) is 10.5. The van der Waals surface area contributed by atoms with Gasteiger partial charge in [0.25, 0.3) is 0 Å². The lowest BCUT2D eigenvalue weighted by molar-refractivity contribution is -0.142. The second-order valence-corrected chi connectivity index (χ2v) is 3.25. The van der Waals surface area contributed by atoms with E-state index >= 15 is 0 Å². The summed E-state index contributed by atoms with van der Waals surface area (Å²) in [6, 6.07) is 0. The van der Waals surface area contributed by atoms with Crippen LogP contribution in [0.5, 0.6) is 0 Å². The summed E-state index contributed by atoms with van der Waals surface area (Å²) < 4.78 is 36.3. The number of aromatic nitrogens is 3. The SMILES string of the molecule is FC(F)(F)Cn1cc(CCBr)nn1. The molecule has 1 rings (SSSR count). The van der Waals surface area contributed by atoms with E-state index < -0.39 is 12.7 Å². The zero-order valence-electron chi connectivity index (χ0n) is 6.55. The third kappa shape index (κ3) is 3.75. The summed E-state index contributed by atoms with van der Waals surface area (Å²) in [7, 11) is 0. The van der Waals surface area contributed by atoms with Crippen LogP contribution in [0.25, 0.3) is 0 Å². The van der Waals surface area contributed by atoms with Crippen molar-refractivity contribution in [3.05, 3.63) is 11.9 Å². The number of aryl methyl sites for hydroxylation is 1. The Bertz CT molecular complexity index is 270. The molecule has 1 heterocycles. The lowest BCUT2D eigenvalue weighted by Gasteiger charge is -2.03. The molecule has 0 saturated carbocycles. The molecular formula is C6H7BrF3N3. The van der Waals surface area contributed by atoms with Crippen LogP contribution in [0.3, 0.4) is 0 Å². The van der Waals surface area contributed by atoms with Gasteiger partial charge in [0.2, 0.25) is 0 Å². The van der Waals surface area contributed by atoms with Crippen LogP contribution in [-0.4, -0.2) is 26.5 Å². The molecule has 74 valence electrons. The van der Waals surface area contributed by atoms with Gasteiger partial charge in [0.1, 0.15) is 6.54 Å². The molecule has 0 aliphatic carbocycles. The summed E-state index contributed by atoms with van der Waals surface area (Å²) in [5.41, 5.74) is 0.557. The minimum absolute atomic E-state index is 0.557. The van der Waals surface area contributed by atoms with Crippen molar-refractivity contribution in [1.82, 2.24) is 15.0 Å². The van der Waals surface area contributed by atoms with E-state index in [9.17, 15) is 13.2 Å². The smallest absolute Gasteiger partial charge is 0.243 e. The minimum Gasteiger partial charge on any atom is -0.243 e. The Hall–Kier alpha value is -0.590. The number of alkyl halides is 4. The highest BCUT2D eigenvalue weighted by Gasteiger charge is 2.28. The van der Waals surface area contributed by atoms with Gasteiger partial charge in [0.15, 0.2) is 0 Å². The average Bonchev–Trinajstić information content (AvgIpc) is 2.33. The van der Waals surface area contributed by atoms with E-state index in [-0.39, 0.29) is 0 Å². The quantitative estimate of drug-likeness (QED) is 0.773. The standard InChI is InChI=1S/C6H7BrF3N3/c7-2-1-5-3-13(12-11-5)4-6(8,9)10/h3H,1-2,4H2. The molecule has 0 fully saturated rings. The molecule has 7 heteroatoms. The van der Waals surface area contributed by atoms with Crippen molar-refractivity contribution in [3.8, 4) is 0 Å². The van der Waals surface area contributed by atoms with Crippen LogP contribution in [0.15, 0.2) is 6.20 Å². The Labute approximate surface area is 81.1 Å². The van der Waals surface area contributed by atoms with Gasteiger partial charge in [-0.2, -0.15) is 13.2 Å². The van der Waals surface area contributed by atoms with Gasteiger partial charge in [-0.05, 0) is 0 Å². The van der Waals surface area contributed by atoms with Crippen molar-refractivity contribution >= 4 is 15.9 Å². The Morgan fingerprint density at radius 1 is 1.46 bits per heavy atom. The molecule has 3 nitrogen and oxygen atoms in total. The summed E-state index contributed by atoms with van der Waals surface area (Å²) in [5, 5.41) is 7.58. The maximum Gasteiger partial charge on any atom is 0.408 e. The molecule has 0 bridgehead atoms. The van der Waals surface area contributed by atoms with Crippen molar-refractivity contribution in [3.63, 3.8) is 0 Å². The number of hydrogen-bond donors (Lipinski definition) is 0. The molecule has 13 heavy (non-hydrogen) atoms. The topological polar surface area (TPSA) is 30.7 Å². The van der Waals surface area contributed by atoms with Crippen LogP contribution in [0, 0.1) is 0 Å². The summed E-state index contributed by atoms with van der Waals surface area (Å²) in [6.45, 7) is -1.08. The predicted octanol–water partition coefficient (Wildman–Crippen LogP) is 1.78. The number of halogens is 4. The number of rotatable bonds is 3. The molecule has 1 aromatic rings. The molecule has 0 spiro atoms. The van der Waals surface area contributed by atoms with Crippen LogP contribution in [0.4, 0.5) is 13.2 Å². The van der Waals surface area contributed by atoms with E-state index in [1.165, 1.54) is 6.20 Å². The molecule has 0 amide bonds. The lowest BCUT2D eigenvalue weighted by Crippen LogP contribution is -2.18. The Morgan fingerprint density at radius 3 is 2.69 bits per heavy atom. The normalized spacial score (nSPS) is 12.0. The molecule has 0 N–H and O–H groups in total. The van der Waals surface area contributed by atoms with E-state index in [4.69, 9.17) is 0 Å². The first-order valence-electron chi connectivity index (χ1n) is 3.53. The minimum atomic E-state index is -4.24. The Morgan fingerprint density at radius 2 is 2.15 bits per heavy atom. The molecular weight excluding hydrogens is 251 g/mol. The molecule has 0 saturated heterocycles.